The average Bonchev–Trinajstić information content (AvgIpc) is 2.96. The molecule has 0 saturated carbocycles. The van der Waals surface area contributed by atoms with Gasteiger partial charge in [-0.15, -0.1) is 0 Å². The molecule has 7 heteroatoms. The highest BCUT2D eigenvalue weighted by Crippen LogP contribution is 2.34. The van der Waals surface area contributed by atoms with Crippen molar-refractivity contribution >= 4 is 40.4 Å². The predicted molar refractivity (Wildman–Crippen MR) is 176 cm³/mol. The first-order valence-corrected chi connectivity index (χ1v) is 15.1. The first-order valence-electron chi connectivity index (χ1n) is 15.1. The zero-order valence-corrected chi connectivity index (χ0v) is 26.9. The van der Waals surface area contributed by atoms with E-state index < -0.39 is 29.3 Å². The smallest absolute Gasteiger partial charge is 0.408 e. The monoisotopic (exact) mass is 585 g/mol. The second kappa shape index (κ2) is 13.9. The quantitative estimate of drug-likeness (QED) is 0.238. The molecule has 3 amide bonds. The summed E-state index contributed by atoms with van der Waals surface area (Å²) in [7, 11) is 0. The molecule has 0 heterocycles. The van der Waals surface area contributed by atoms with Gasteiger partial charge in [-0.1, -0.05) is 88.4 Å². The molecule has 0 aliphatic rings. The van der Waals surface area contributed by atoms with Gasteiger partial charge in [0.1, 0.15) is 17.7 Å². The van der Waals surface area contributed by atoms with Gasteiger partial charge < -0.3 is 20.3 Å². The minimum Gasteiger partial charge on any atom is -0.444 e. The van der Waals surface area contributed by atoms with Crippen molar-refractivity contribution in [3.05, 3.63) is 84.4 Å². The fourth-order valence-corrected chi connectivity index (χ4v) is 4.96. The number of fused-ring (bicyclic) bond motifs is 1. The van der Waals surface area contributed by atoms with E-state index >= 15 is 0 Å². The minimum atomic E-state index is -0.999. The van der Waals surface area contributed by atoms with Crippen molar-refractivity contribution < 1.29 is 19.1 Å². The van der Waals surface area contributed by atoms with Crippen LogP contribution in [0.5, 0.6) is 0 Å². The summed E-state index contributed by atoms with van der Waals surface area (Å²) in [5, 5.41) is 7.97. The van der Waals surface area contributed by atoms with E-state index in [0.717, 1.165) is 16.3 Å². The molecule has 0 aromatic heterocycles. The lowest BCUT2D eigenvalue weighted by atomic mass is 9.89. The SMILES string of the molecule is C=Cc1cccc(C(C(=O)Nc2ccc3ccccc3c2)N(C(=O)C(NC(=O)OC(C)(C)C)C(C)CC)C(C)(C)CC)c1. The molecule has 230 valence electrons. The van der Waals surface area contributed by atoms with Crippen molar-refractivity contribution in [3.8, 4) is 0 Å². The fourth-order valence-electron chi connectivity index (χ4n) is 4.96. The lowest BCUT2D eigenvalue weighted by molar-refractivity contribution is -0.148. The molecule has 0 radical (unpaired) electrons. The minimum absolute atomic E-state index is 0.223. The summed E-state index contributed by atoms with van der Waals surface area (Å²) in [5.41, 5.74) is 0.608. The number of alkyl carbamates (subject to hydrolysis) is 1. The third-order valence-corrected chi connectivity index (χ3v) is 7.89. The van der Waals surface area contributed by atoms with E-state index in [0.29, 0.717) is 24.1 Å². The molecule has 7 nitrogen and oxygen atoms in total. The van der Waals surface area contributed by atoms with Crippen LogP contribution >= 0.6 is 0 Å². The molecule has 0 aliphatic heterocycles. The summed E-state index contributed by atoms with van der Waals surface area (Å²) in [5.74, 6) is -0.930. The molecule has 3 rings (SSSR count). The molecular formula is C36H47N3O4. The summed E-state index contributed by atoms with van der Waals surface area (Å²) in [6.07, 6.45) is 2.24. The van der Waals surface area contributed by atoms with Crippen molar-refractivity contribution in [2.75, 3.05) is 5.32 Å². The zero-order chi connectivity index (χ0) is 31.9. The molecule has 0 bridgehead atoms. The van der Waals surface area contributed by atoms with E-state index in [-0.39, 0.29) is 17.7 Å². The number of rotatable bonds is 11. The number of nitrogens with zero attached hydrogens (tertiary/aromatic N) is 1. The van der Waals surface area contributed by atoms with E-state index in [1.165, 1.54) is 0 Å². The second-order valence-electron chi connectivity index (χ2n) is 12.7. The highest BCUT2D eigenvalue weighted by Gasteiger charge is 2.44. The number of hydrogen-bond acceptors (Lipinski definition) is 4. The molecule has 0 aliphatic carbocycles. The lowest BCUT2D eigenvalue weighted by Crippen LogP contribution is -2.60. The van der Waals surface area contributed by atoms with Gasteiger partial charge >= 0.3 is 6.09 Å². The highest BCUT2D eigenvalue weighted by molar-refractivity contribution is 6.00. The Bertz CT molecular complexity index is 1460. The van der Waals surface area contributed by atoms with E-state index in [9.17, 15) is 14.4 Å². The van der Waals surface area contributed by atoms with Crippen LogP contribution in [0, 0.1) is 5.92 Å². The second-order valence-corrected chi connectivity index (χ2v) is 12.7. The highest BCUT2D eigenvalue weighted by atomic mass is 16.6. The van der Waals surface area contributed by atoms with Crippen LogP contribution in [0.3, 0.4) is 0 Å². The third kappa shape index (κ3) is 8.46. The number of nitrogens with one attached hydrogen (secondary N) is 2. The number of carbonyl (C=O) groups excluding carboxylic acids is 3. The standard InChI is InChI=1S/C36H47N3O4/c1-10-24(4)30(38-34(42)43-35(5,6)7)33(41)39(36(8,9)12-3)31(28-19-15-16-25(11-2)22-28)32(40)37-29-21-20-26-17-13-14-18-27(26)23-29/h11,13-24,30-31H,2,10,12H2,1,3-9H3,(H,37,40)(H,38,42). The largest absolute Gasteiger partial charge is 0.444 e. The number of carbonyl (C=O) groups is 3. The molecule has 3 aromatic rings. The summed E-state index contributed by atoms with van der Waals surface area (Å²) >= 11 is 0. The average molecular weight is 586 g/mol. The topological polar surface area (TPSA) is 87.7 Å². The van der Waals surface area contributed by atoms with Crippen LogP contribution in [0.25, 0.3) is 16.8 Å². The van der Waals surface area contributed by atoms with Gasteiger partial charge in [0, 0.05) is 11.2 Å². The number of anilines is 1. The lowest BCUT2D eigenvalue weighted by Gasteiger charge is -2.45. The number of amides is 3. The van der Waals surface area contributed by atoms with Gasteiger partial charge in [-0.2, -0.15) is 0 Å². The van der Waals surface area contributed by atoms with Crippen LogP contribution in [0.2, 0.25) is 0 Å². The summed E-state index contributed by atoms with van der Waals surface area (Å²) in [4.78, 5) is 43.7. The molecule has 0 spiro atoms. The van der Waals surface area contributed by atoms with Gasteiger partial charge in [0.2, 0.25) is 5.91 Å². The maximum absolute atomic E-state index is 14.7. The summed E-state index contributed by atoms with van der Waals surface area (Å²) in [6, 6.07) is 19.2. The fraction of sp³-hybridized carbons (Fsp3) is 0.417. The van der Waals surface area contributed by atoms with Crippen molar-refractivity contribution in [2.24, 2.45) is 5.92 Å². The zero-order valence-electron chi connectivity index (χ0n) is 26.9. The molecule has 0 saturated heterocycles. The Kier molecular flexibility index (Phi) is 10.8. The Morgan fingerprint density at radius 3 is 2.21 bits per heavy atom. The van der Waals surface area contributed by atoms with Gasteiger partial charge in [-0.3, -0.25) is 9.59 Å². The van der Waals surface area contributed by atoms with Crippen LogP contribution in [-0.4, -0.2) is 40.0 Å². The van der Waals surface area contributed by atoms with Gasteiger partial charge in [0.15, 0.2) is 0 Å². The number of benzene rings is 3. The van der Waals surface area contributed by atoms with Crippen LogP contribution in [0.1, 0.15) is 85.4 Å². The van der Waals surface area contributed by atoms with Crippen molar-refractivity contribution in [3.63, 3.8) is 0 Å². The Morgan fingerprint density at radius 2 is 1.60 bits per heavy atom. The Morgan fingerprint density at radius 1 is 0.930 bits per heavy atom. The van der Waals surface area contributed by atoms with Crippen molar-refractivity contribution in [1.29, 1.82) is 0 Å². The van der Waals surface area contributed by atoms with Crippen LogP contribution in [-0.2, 0) is 14.3 Å². The van der Waals surface area contributed by atoms with E-state index in [1.807, 2.05) is 101 Å². The Balaban J connectivity index is 2.15. The normalized spacial score (nSPS) is 13.9. The molecule has 0 fully saturated rings. The molecule has 43 heavy (non-hydrogen) atoms. The van der Waals surface area contributed by atoms with Crippen molar-refractivity contribution in [2.45, 2.75) is 91.5 Å². The molecular weight excluding hydrogens is 538 g/mol. The predicted octanol–water partition coefficient (Wildman–Crippen LogP) is 8.12. The summed E-state index contributed by atoms with van der Waals surface area (Å²) in [6.45, 7) is 19.0. The van der Waals surface area contributed by atoms with Gasteiger partial charge in [0.05, 0.1) is 0 Å². The Labute approximate surface area is 256 Å². The maximum Gasteiger partial charge on any atom is 0.408 e. The van der Waals surface area contributed by atoms with Gasteiger partial charge in [-0.05, 0) is 87.1 Å². The molecule has 3 unspecified atom stereocenters. The number of ether oxygens (including phenoxy) is 1. The maximum atomic E-state index is 14.7. The Hall–Kier alpha value is -4.13. The summed E-state index contributed by atoms with van der Waals surface area (Å²) < 4.78 is 5.53. The first-order chi connectivity index (χ1) is 20.2. The number of hydrogen-bond donors (Lipinski definition) is 2. The van der Waals surface area contributed by atoms with E-state index in [1.54, 1.807) is 31.7 Å². The molecule has 3 aromatic carbocycles. The first kappa shape index (κ1) is 33.4. The van der Waals surface area contributed by atoms with E-state index in [4.69, 9.17) is 4.74 Å². The van der Waals surface area contributed by atoms with Crippen molar-refractivity contribution in [1.82, 2.24) is 10.2 Å². The van der Waals surface area contributed by atoms with Gasteiger partial charge in [-0.25, -0.2) is 4.79 Å². The van der Waals surface area contributed by atoms with E-state index in [2.05, 4.69) is 17.2 Å². The van der Waals surface area contributed by atoms with Crippen LogP contribution in [0.4, 0.5) is 10.5 Å². The molecule has 2 N–H and O–H groups in total. The van der Waals surface area contributed by atoms with Crippen LogP contribution < -0.4 is 10.6 Å². The third-order valence-electron chi connectivity index (χ3n) is 7.89. The van der Waals surface area contributed by atoms with Crippen LogP contribution in [0.15, 0.2) is 73.3 Å². The van der Waals surface area contributed by atoms with Gasteiger partial charge in [0.25, 0.3) is 5.91 Å². The molecule has 3 atom stereocenters.